The van der Waals surface area contributed by atoms with E-state index in [0.29, 0.717) is 0 Å². The summed E-state index contributed by atoms with van der Waals surface area (Å²) in [6, 6.07) is 0. The maximum atomic E-state index is 7.10. The monoisotopic (exact) mass is 173 g/mol. The van der Waals surface area contributed by atoms with Crippen LogP contribution in [0.25, 0.3) is 0 Å². The van der Waals surface area contributed by atoms with Crippen LogP contribution >= 0.6 is 39.7 Å². The lowest BCUT2D eigenvalue weighted by molar-refractivity contribution is 1.57. The molecule has 0 N–H and O–H groups in total. The Morgan fingerprint density at radius 1 is 1.43 bits per heavy atom. The molecule has 0 rings (SSSR count). The van der Waals surface area contributed by atoms with Gasteiger partial charge in [-0.3, -0.25) is 0 Å². The minimum Gasteiger partial charge on any atom is -0.214 e. The molecule has 0 aliphatic rings. The van der Waals surface area contributed by atoms with Crippen LogP contribution in [0.5, 0.6) is 0 Å². The van der Waals surface area contributed by atoms with E-state index in [0.717, 1.165) is 0 Å². The summed E-state index contributed by atoms with van der Waals surface area (Å²) in [5, 5.41) is 7.10. The molecule has 0 aliphatic heterocycles. The second-order valence-corrected chi connectivity index (χ2v) is 5.30. The third-order valence-corrected chi connectivity index (χ3v) is 0. The lowest BCUT2D eigenvalue weighted by Gasteiger charge is -1.68. The molecule has 0 spiro atoms. The number of hydrogen-bond donors (Lipinski definition) is 0. The minimum absolute atomic E-state index is 1.20. The molecule has 0 saturated heterocycles. The van der Waals surface area contributed by atoms with Gasteiger partial charge in [-0.05, 0) is 5.97 Å². The van der Waals surface area contributed by atoms with Crippen molar-refractivity contribution in [1.29, 1.82) is 5.26 Å². The Hall–Kier alpha value is 0.855. The summed E-state index contributed by atoms with van der Waals surface area (Å²) < 4.78 is 0. The maximum Gasteiger partial charge on any atom is 0.229 e. The Balaban J connectivity index is 0. The van der Waals surface area contributed by atoms with Gasteiger partial charge in [0.1, 0.15) is 0 Å². The molecule has 0 atom stereocenters. The number of hydrogen-bond acceptors (Lipinski definition) is 1. The Kier molecular flexibility index (Phi) is 15.3. The second kappa shape index (κ2) is 9.97. The molecule has 0 amide bonds. The lowest BCUT2D eigenvalue weighted by atomic mass is 10.2. The standard InChI is InChI=1S/CBN.Cl3P/c2-1-3;1-4(2)3. The van der Waals surface area contributed by atoms with Crippen LogP contribution in [0, 0.1) is 11.2 Å². The zero-order valence-electron chi connectivity index (χ0n) is 3.11. The van der Waals surface area contributed by atoms with Gasteiger partial charge in [-0.1, -0.05) is 33.7 Å². The summed E-state index contributed by atoms with van der Waals surface area (Å²) in [4.78, 5) is 0. The molecule has 0 aromatic rings. The van der Waals surface area contributed by atoms with Crippen molar-refractivity contribution in [2.45, 2.75) is 0 Å². The normalized spacial score (nSPS) is 6.14. The van der Waals surface area contributed by atoms with Crippen LogP contribution in [0.15, 0.2) is 0 Å². The third kappa shape index (κ3) is 221. The zero-order chi connectivity index (χ0) is 6.28. The Morgan fingerprint density at radius 2 is 1.43 bits per heavy atom. The molecule has 7 heavy (non-hydrogen) atoms. The van der Waals surface area contributed by atoms with Crippen LogP contribution in [0.1, 0.15) is 0 Å². The molecule has 0 saturated carbocycles. The highest BCUT2D eigenvalue weighted by molar-refractivity contribution is 8.20. The average molecular weight is 174 g/mol. The van der Waals surface area contributed by atoms with Crippen molar-refractivity contribution in [1.82, 2.24) is 0 Å². The fraction of sp³-hybridized carbons (Fsp3) is 0. The van der Waals surface area contributed by atoms with Crippen LogP contribution in [0.3, 0.4) is 0 Å². The molecular formula is CBCl3NP. The number of nitriles is 1. The SMILES string of the molecule is ClP(Cl)Cl.[B]C#N. The van der Waals surface area contributed by atoms with Crippen LogP contribution < -0.4 is 0 Å². The number of rotatable bonds is 0. The van der Waals surface area contributed by atoms with Gasteiger partial charge < -0.3 is 0 Å². The summed E-state index contributed by atoms with van der Waals surface area (Å²) in [6.07, 6.45) is 0. The molecule has 0 aromatic heterocycles. The van der Waals surface area contributed by atoms with Crippen LogP contribution in [0.2, 0.25) is 0 Å². The highest BCUT2D eigenvalue weighted by Gasteiger charge is 1.80. The topological polar surface area (TPSA) is 23.8 Å². The Morgan fingerprint density at radius 3 is 1.43 bits per heavy atom. The number of halogens is 3. The first-order chi connectivity index (χ1) is 3.15. The van der Waals surface area contributed by atoms with Crippen LogP contribution in [-0.4, -0.2) is 7.85 Å². The van der Waals surface area contributed by atoms with Gasteiger partial charge in [0.05, 0.1) is 0 Å². The van der Waals surface area contributed by atoms with E-state index >= 15 is 0 Å². The van der Waals surface area contributed by atoms with Gasteiger partial charge in [-0.25, -0.2) is 5.26 Å². The van der Waals surface area contributed by atoms with E-state index in [9.17, 15) is 0 Å². The molecule has 1 nitrogen and oxygen atoms in total. The van der Waals surface area contributed by atoms with Gasteiger partial charge in [0.15, 0.2) is 5.98 Å². The highest BCUT2D eigenvalue weighted by Crippen LogP contribution is 2.51. The number of nitrogens with zero attached hydrogens (tertiary/aromatic N) is 1. The predicted octanol–water partition coefficient (Wildman–Crippen LogP) is 2.57. The summed E-state index contributed by atoms with van der Waals surface area (Å²) in [6.45, 7) is 0. The maximum absolute atomic E-state index is 7.10. The first-order valence-corrected chi connectivity index (χ1v) is 5.08. The molecular weight excluding hydrogens is 174 g/mol. The van der Waals surface area contributed by atoms with E-state index in [1.165, 1.54) is 5.97 Å². The van der Waals surface area contributed by atoms with E-state index in [-0.39, 0.29) is 0 Å². The van der Waals surface area contributed by atoms with Crippen LogP contribution in [0.4, 0.5) is 0 Å². The molecule has 6 heteroatoms. The van der Waals surface area contributed by atoms with Gasteiger partial charge in [0.25, 0.3) is 0 Å². The molecule has 0 fully saturated rings. The Labute approximate surface area is 59.1 Å². The lowest BCUT2D eigenvalue weighted by Crippen LogP contribution is -1.32. The molecule has 0 heterocycles. The summed E-state index contributed by atoms with van der Waals surface area (Å²) >= 11 is 14.6. The largest absolute Gasteiger partial charge is 0.229 e. The smallest absolute Gasteiger partial charge is 0.214 e. The fourth-order valence-corrected chi connectivity index (χ4v) is 0. The van der Waals surface area contributed by atoms with Crippen molar-refractivity contribution in [3.8, 4) is 5.97 Å². The average Bonchev–Trinajstić information content (AvgIpc) is 1.33. The van der Waals surface area contributed by atoms with Gasteiger partial charge >= 0.3 is 0 Å². The second-order valence-electron chi connectivity index (χ2n) is 0.321. The summed E-state index contributed by atoms with van der Waals surface area (Å²) in [5.41, 5.74) is 0. The van der Waals surface area contributed by atoms with E-state index in [2.05, 4.69) is 7.85 Å². The zero-order valence-corrected chi connectivity index (χ0v) is 6.27. The summed E-state index contributed by atoms with van der Waals surface area (Å²) in [5.74, 6) is 0.0463. The van der Waals surface area contributed by atoms with Gasteiger partial charge in [-0.2, -0.15) is 0 Å². The first-order valence-electron chi connectivity index (χ1n) is 1.02. The molecule has 0 aliphatic carbocycles. The predicted molar refractivity (Wildman–Crippen MR) is 35.8 cm³/mol. The van der Waals surface area contributed by atoms with Crippen molar-refractivity contribution < 1.29 is 0 Å². The quantitative estimate of drug-likeness (QED) is 0.409. The van der Waals surface area contributed by atoms with Crippen molar-refractivity contribution in [2.24, 2.45) is 0 Å². The van der Waals surface area contributed by atoms with Gasteiger partial charge in [-0.15, -0.1) is 0 Å². The van der Waals surface area contributed by atoms with Crippen molar-refractivity contribution in [2.75, 3.05) is 0 Å². The van der Waals surface area contributed by atoms with Crippen molar-refractivity contribution in [3.63, 3.8) is 0 Å². The van der Waals surface area contributed by atoms with Gasteiger partial charge in [0.2, 0.25) is 7.85 Å². The van der Waals surface area contributed by atoms with E-state index < -0.39 is 5.98 Å². The summed E-state index contributed by atoms with van der Waals surface area (Å²) in [7, 11) is 4.15. The van der Waals surface area contributed by atoms with Gasteiger partial charge in [0, 0.05) is 0 Å². The Bertz CT molecular complexity index is 57.7. The van der Waals surface area contributed by atoms with E-state index in [1.807, 2.05) is 0 Å². The van der Waals surface area contributed by atoms with Crippen molar-refractivity contribution in [3.05, 3.63) is 0 Å². The molecule has 2 radical (unpaired) electrons. The molecule has 0 aromatic carbocycles. The molecule has 38 valence electrons. The molecule has 0 bridgehead atoms. The molecule has 0 unspecified atom stereocenters. The first kappa shape index (κ1) is 10.8. The van der Waals surface area contributed by atoms with E-state index in [1.54, 1.807) is 0 Å². The van der Waals surface area contributed by atoms with Crippen molar-refractivity contribution >= 4 is 47.5 Å². The van der Waals surface area contributed by atoms with Crippen LogP contribution in [-0.2, 0) is 0 Å². The van der Waals surface area contributed by atoms with E-state index in [4.69, 9.17) is 39.0 Å². The highest BCUT2D eigenvalue weighted by atomic mass is 36.0. The fourth-order valence-electron chi connectivity index (χ4n) is 0. The third-order valence-electron chi connectivity index (χ3n) is 0. The minimum atomic E-state index is -1.20.